The van der Waals surface area contributed by atoms with Crippen LogP contribution in [-0.2, 0) is 0 Å². The normalized spacial score (nSPS) is 21.0. The molecule has 0 aromatic heterocycles. The van der Waals surface area contributed by atoms with E-state index >= 15 is 0 Å². The first-order valence-corrected chi connectivity index (χ1v) is 9.67. The number of hydrazone groups is 1. The Hall–Kier alpha value is -3.68. The summed E-state index contributed by atoms with van der Waals surface area (Å²) in [6.07, 6.45) is 0. The molecule has 0 saturated heterocycles. The SMILES string of the molecule is COc1ccc(C2=N[N+](C(=C=[N-])C#N)=C(c3ccc(OC)cc3)C3C2C3(C)C)cc1. The summed E-state index contributed by atoms with van der Waals surface area (Å²) in [6.45, 7) is 4.40. The molecule has 30 heavy (non-hydrogen) atoms. The van der Waals surface area contributed by atoms with E-state index in [1.165, 1.54) is 4.68 Å². The molecule has 2 atom stereocenters. The van der Waals surface area contributed by atoms with Crippen LogP contribution in [-0.4, -0.2) is 36.2 Å². The molecule has 0 amide bonds. The fraction of sp³-hybridized carbons (Fsp3) is 0.292. The van der Waals surface area contributed by atoms with Gasteiger partial charge in [0, 0.05) is 22.1 Å². The Kier molecular flexibility index (Phi) is 4.77. The van der Waals surface area contributed by atoms with E-state index in [1.54, 1.807) is 14.2 Å². The molecule has 1 saturated carbocycles. The summed E-state index contributed by atoms with van der Waals surface area (Å²) in [6, 6.07) is 17.4. The molecule has 1 fully saturated rings. The molecule has 1 aliphatic heterocycles. The quantitative estimate of drug-likeness (QED) is 0.436. The zero-order chi connectivity index (χ0) is 21.5. The topological polar surface area (TPSA) is 79.9 Å². The van der Waals surface area contributed by atoms with E-state index in [4.69, 9.17) is 14.6 Å². The van der Waals surface area contributed by atoms with Gasteiger partial charge in [0.05, 0.1) is 20.1 Å². The van der Waals surface area contributed by atoms with Gasteiger partial charge in [0.1, 0.15) is 17.2 Å². The molecule has 2 aromatic carbocycles. The molecule has 6 nitrogen and oxygen atoms in total. The third kappa shape index (κ3) is 3.01. The average Bonchev–Trinajstić information content (AvgIpc) is 3.36. The highest BCUT2D eigenvalue weighted by atomic mass is 16.5. The number of nitriles is 1. The van der Waals surface area contributed by atoms with Crippen LogP contribution in [0.1, 0.15) is 25.0 Å². The fourth-order valence-corrected chi connectivity index (χ4v) is 4.37. The van der Waals surface area contributed by atoms with Crippen molar-refractivity contribution < 1.29 is 14.2 Å². The Labute approximate surface area is 175 Å². The van der Waals surface area contributed by atoms with Gasteiger partial charge < -0.3 is 14.9 Å². The number of nitrogens with zero attached hydrogens (tertiary/aromatic N) is 4. The molecular formula is C24H22N4O2. The van der Waals surface area contributed by atoms with Crippen molar-refractivity contribution in [2.45, 2.75) is 13.8 Å². The number of hydrogen-bond donors (Lipinski definition) is 0. The van der Waals surface area contributed by atoms with E-state index in [2.05, 4.69) is 13.8 Å². The van der Waals surface area contributed by atoms with Crippen molar-refractivity contribution in [3.8, 4) is 17.6 Å². The highest BCUT2D eigenvalue weighted by Crippen LogP contribution is 2.62. The Morgan fingerprint density at radius 1 is 0.967 bits per heavy atom. The van der Waals surface area contributed by atoms with Gasteiger partial charge in [-0.1, -0.05) is 13.8 Å². The monoisotopic (exact) mass is 398 g/mol. The molecule has 1 heterocycles. The van der Waals surface area contributed by atoms with Gasteiger partial charge >= 0.3 is 5.70 Å². The number of benzene rings is 2. The first-order chi connectivity index (χ1) is 14.5. The second-order valence-corrected chi connectivity index (χ2v) is 7.99. The molecule has 4 rings (SSSR count). The molecule has 150 valence electrons. The Balaban J connectivity index is 1.93. The lowest BCUT2D eigenvalue weighted by atomic mass is 9.98. The van der Waals surface area contributed by atoms with E-state index in [1.807, 2.05) is 60.5 Å². The highest BCUT2D eigenvalue weighted by Gasteiger charge is 2.68. The predicted molar refractivity (Wildman–Crippen MR) is 115 cm³/mol. The van der Waals surface area contributed by atoms with Crippen molar-refractivity contribution in [3.05, 3.63) is 70.8 Å². The summed E-state index contributed by atoms with van der Waals surface area (Å²) in [4.78, 5) is 0. The van der Waals surface area contributed by atoms with Gasteiger partial charge in [-0.05, 0) is 58.6 Å². The molecule has 0 bridgehead atoms. The minimum Gasteiger partial charge on any atom is -0.757 e. The molecule has 2 aliphatic rings. The third-order valence-electron chi connectivity index (χ3n) is 6.05. The van der Waals surface area contributed by atoms with Crippen LogP contribution in [0.5, 0.6) is 11.5 Å². The summed E-state index contributed by atoms with van der Waals surface area (Å²) in [5.74, 6) is 3.86. The van der Waals surface area contributed by atoms with Crippen molar-refractivity contribution in [2.75, 3.05) is 14.2 Å². The summed E-state index contributed by atoms with van der Waals surface area (Å²) in [5, 5.41) is 24.0. The van der Waals surface area contributed by atoms with Crippen LogP contribution in [0.4, 0.5) is 0 Å². The minimum absolute atomic E-state index is 0.0482. The molecule has 0 spiro atoms. The molecule has 2 unspecified atom stereocenters. The standard InChI is InChI=1S/C24H22N4O2/c1-24(2)20-21(24)23(16-7-11-19(30-4)12-8-16)28(17(13-25)14-26)27-22(20)15-5-9-18(29-3)10-6-15/h5-12,20-21H,1-4H3. The predicted octanol–water partition coefficient (Wildman–Crippen LogP) is 3.84. The van der Waals surface area contributed by atoms with Crippen LogP contribution in [0, 0.1) is 28.6 Å². The molecule has 1 aliphatic carbocycles. The van der Waals surface area contributed by atoms with Gasteiger partial charge in [-0.15, -0.1) is 0 Å². The molecule has 0 N–H and O–H groups in total. The maximum atomic E-state index is 9.61. The summed E-state index contributed by atoms with van der Waals surface area (Å²) in [7, 11) is 3.25. The van der Waals surface area contributed by atoms with Crippen LogP contribution >= 0.6 is 0 Å². The number of hydrogen-bond acceptors (Lipinski definition) is 4. The van der Waals surface area contributed by atoms with Crippen molar-refractivity contribution in [1.82, 2.24) is 0 Å². The van der Waals surface area contributed by atoms with E-state index in [0.29, 0.717) is 0 Å². The summed E-state index contributed by atoms with van der Waals surface area (Å²) >= 11 is 0. The highest BCUT2D eigenvalue weighted by molar-refractivity contribution is 6.13. The van der Waals surface area contributed by atoms with E-state index < -0.39 is 0 Å². The van der Waals surface area contributed by atoms with Crippen LogP contribution < -0.4 is 9.47 Å². The Bertz CT molecular complexity index is 1150. The number of allylic oxidation sites excluding steroid dienone is 1. The Morgan fingerprint density at radius 2 is 1.50 bits per heavy atom. The largest absolute Gasteiger partial charge is 0.757 e. The van der Waals surface area contributed by atoms with Crippen LogP contribution in [0.25, 0.3) is 5.41 Å². The first kappa shape index (κ1) is 19.6. The van der Waals surface area contributed by atoms with Crippen molar-refractivity contribution in [3.63, 3.8) is 0 Å². The summed E-state index contributed by atoms with van der Waals surface area (Å²) < 4.78 is 12.1. The van der Waals surface area contributed by atoms with E-state index in [9.17, 15) is 10.7 Å². The van der Waals surface area contributed by atoms with Gasteiger partial charge in [0.25, 0.3) is 0 Å². The number of ether oxygens (including phenoxy) is 2. The number of fused-ring (bicyclic) bond motifs is 1. The summed E-state index contributed by atoms with van der Waals surface area (Å²) in [5.41, 5.74) is 3.55. The Morgan fingerprint density at radius 3 is 1.97 bits per heavy atom. The molecular weight excluding hydrogens is 376 g/mol. The maximum Gasteiger partial charge on any atom is 0.335 e. The van der Waals surface area contributed by atoms with Gasteiger partial charge in [-0.3, -0.25) is 0 Å². The zero-order valence-electron chi connectivity index (χ0n) is 17.4. The van der Waals surface area contributed by atoms with Crippen LogP contribution in [0.15, 0.2) is 59.3 Å². The van der Waals surface area contributed by atoms with Crippen molar-refractivity contribution in [2.24, 2.45) is 22.4 Å². The zero-order valence-corrected chi connectivity index (χ0v) is 17.4. The van der Waals surface area contributed by atoms with Gasteiger partial charge in [0.15, 0.2) is 6.07 Å². The lowest BCUT2D eigenvalue weighted by Crippen LogP contribution is -2.28. The van der Waals surface area contributed by atoms with E-state index in [0.717, 1.165) is 34.0 Å². The average molecular weight is 398 g/mol. The van der Waals surface area contributed by atoms with Crippen molar-refractivity contribution >= 4 is 17.3 Å². The fourth-order valence-electron chi connectivity index (χ4n) is 4.37. The van der Waals surface area contributed by atoms with Gasteiger partial charge in [0.2, 0.25) is 5.71 Å². The number of methoxy groups -OCH3 is 2. The van der Waals surface area contributed by atoms with Crippen LogP contribution in [0.2, 0.25) is 0 Å². The second-order valence-electron chi connectivity index (χ2n) is 7.99. The molecule has 2 aromatic rings. The van der Waals surface area contributed by atoms with E-state index in [-0.39, 0.29) is 22.9 Å². The van der Waals surface area contributed by atoms with Crippen LogP contribution in [0.3, 0.4) is 0 Å². The molecule has 0 radical (unpaired) electrons. The minimum atomic E-state index is -0.0568. The second kappa shape index (κ2) is 7.29. The smallest absolute Gasteiger partial charge is 0.335 e. The lowest BCUT2D eigenvalue weighted by molar-refractivity contribution is -0.476. The van der Waals surface area contributed by atoms with Gasteiger partial charge in [-0.25, -0.2) is 0 Å². The first-order valence-electron chi connectivity index (χ1n) is 9.67. The lowest BCUT2D eigenvalue weighted by Gasteiger charge is -2.12. The van der Waals surface area contributed by atoms with Crippen molar-refractivity contribution in [1.29, 1.82) is 5.26 Å². The number of rotatable bonds is 5. The van der Waals surface area contributed by atoms with Gasteiger partial charge in [-0.2, -0.15) is 11.1 Å². The maximum absolute atomic E-state index is 9.61. The molecule has 6 heteroatoms. The third-order valence-corrected chi connectivity index (χ3v) is 6.05.